The molecule has 0 aromatic heterocycles. The van der Waals surface area contributed by atoms with Gasteiger partial charge in [-0.25, -0.2) is 0 Å². The first-order chi connectivity index (χ1) is 15.6. The van der Waals surface area contributed by atoms with Gasteiger partial charge < -0.3 is 31.5 Å². The van der Waals surface area contributed by atoms with Crippen molar-refractivity contribution in [1.29, 1.82) is 0 Å². The molecule has 0 saturated carbocycles. The fourth-order valence-corrected chi connectivity index (χ4v) is 2.86. The molecule has 12 heteroatoms. The van der Waals surface area contributed by atoms with Crippen molar-refractivity contribution in [3.63, 3.8) is 0 Å². The Labute approximate surface area is 199 Å². The number of carboxylic acids is 2. The Morgan fingerprint density at radius 3 is 1.44 bits per heavy atom. The molecule has 4 unspecified atom stereocenters. The molecule has 0 aliphatic heterocycles. The Morgan fingerprint density at radius 1 is 0.618 bits per heavy atom. The van der Waals surface area contributed by atoms with Gasteiger partial charge >= 0.3 is 11.9 Å². The van der Waals surface area contributed by atoms with Gasteiger partial charge in [-0.15, -0.1) is 0 Å². The van der Waals surface area contributed by atoms with Crippen LogP contribution in [0.4, 0.5) is 0 Å². The standard InChI is InChI=1S/C22H38N4O8/c1-11(2)13(5)23-22(34)19(12(3)4)26-21(33)16(8-10-18(30)31)25-20(32)15(24-14(6)27)7-9-17(28)29/h11-13,15-16,19H,7-10H2,1-6H3,(H,23,34)(H,24,27)(H,25,32)(H,26,33)(H,28,29)(H,30,31). The zero-order valence-corrected chi connectivity index (χ0v) is 20.6. The topological polar surface area (TPSA) is 191 Å². The largest absolute Gasteiger partial charge is 0.481 e. The lowest BCUT2D eigenvalue weighted by atomic mass is 10.00. The van der Waals surface area contributed by atoms with Gasteiger partial charge in [-0.1, -0.05) is 27.7 Å². The maximum Gasteiger partial charge on any atom is 0.303 e. The van der Waals surface area contributed by atoms with Crippen LogP contribution < -0.4 is 21.3 Å². The fourth-order valence-electron chi connectivity index (χ4n) is 2.86. The van der Waals surface area contributed by atoms with Crippen molar-refractivity contribution >= 4 is 35.6 Å². The van der Waals surface area contributed by atoms with Gasteiger partial charge in [0.25, 0.3) is 0 Å². The molecule has 0 fully saturated rings. The number of amides is 4. The molecule has 0 radical (unpaired) electrons. The summed E-state index contributed by atoms with van der Waals surface area (Å²) in [5.74, 6) is -5.10. The van der Waals surface area contributed by atoms with Gasteiger partial charge in [-0.3, -0.25) is 28.8 Å². The monoisotopic (exact) mass is 486 g/mol. The highest BCUT2D eigenvalue weighted by Gasteiger charge is 2.31. The lowest BCUT2D eigenvalue weighted by molar-refractivity contribution is -0.140. The van der Waals surface area contributed by atoms with Crippen LogP contribution in [0.15, 0.2) is 0 Å². The molecular formula is C22H38N4O8. The molecule has 34 heavy (non-hydrogen) atoms. The van der Waals surface area contributed by atoms with E-state index in [9.17, 15) is 28.8 Å². The van der Waals surface area contributed by atoms with Crippen LogP contribution >= 0.6 is 0 Å². The maximum absolute atomic E-state index is 13.0. The van der Waals surface area contributed by atoms with Crippen molar-refractivity contribution < 1.29 is 39.0 Å². The SMILES string of the molecule is CC(=O)NC(CCC(=O)O)C(=O)NC(CCC(=O)O)C(=O)NC(C(=O)NC(C)C(C)C)C(C)C. The lowest BCUT2D eigenvalue weighted by Crippen LogP contribution is -2.58. The quantitative estimate of drug-likeness (QED) is 0.186. The van der Waals surface area contributed by atoms with Gasteiger partial charge in [0, 0.05) is 25.8 Å². The van der Waals surface area contributed by atoms with Crippen LogP contribution in [-0.4, -0.2) is 69.9 Å². The summed E-state index contributed by atoms with van der Waals surface area (Å²) in [5, 5.41) is 28.0. The minimum absolute atomic E-state index is 0.152. The Kier molecular flexibility index (Phi) is 13.5. The van der Waals surface area contributed by atoms with Crippen LogP contribution in [0.2, 0.25) is 0 Å². The molecule has 194 valence electrons. The zero-order chi connectivity index (χ0) is 26.6. The average molecular weight is 487 g/mol. The first-order valence-corrected chi connectivity index (χ1v) is 11.3. The molecule has 6 N–H and O–H groups in total. The first-order valence-electron chi connectivity index (χ1n) is 11.3. The van der Waals surface area contributed by atoms with Crippen LogP contribution in [0.1, 0.15) is 67.2 Å². The number of aliphatic carboxylic acids is 2. The van der Waals surface area contributed by atoms with Crippen molar-refractivity contribution in [2.24, 2.45) is 11.8 Å². The second-order valence-electron chi connectivity index (χ2n) is 8.95. The third-order valence-electron chi connectivity index (χ3n) is 5.24. The van der Waals surface area contributed by atoms with E-state index in [2.05, 4.69) is 21.3 Å². The molecule has 4 amide bonds. The Morgan fingerprint density at radius 2 is 1.06 bits per heavy atom. The van der Waals surface area contributed by atoms with Gasteiger partial charge in [0.15, 0.2) is 0 Å². The highest BCUT2D eigenvalue weighted by molar-refractivity contribution is 5.94. The number of rotatable bonds is 15. The normalized spacial score (nSPS) is 14.5. The molecule has 12 nitrogen and oxygen atoms in total. The summed E-state index contributed by atoms with van der Waals surface area (Å²) in [6.07, 6.45) is -1.35. The summed E-state index contributed by atoms with van der Waals surface area (Å²) in [4.78, 5) is 71.7. The minimum Gasteiger partial charge on any atom is -0.481 e. The van der Waals surface area contributed by atoms with Crippen molar-refractivity contribution in [3.8, 4) is 0 Å². The van der Waals surface area contributed by atoms with E-state index in [4.69, 9.17) is 10.2 Å². The first kappa shape index (κ1) is 30.8. The summed E-state index contributed by atoms with van der Waals surface area (Å²) in [6.45, 7) is 10.3. The Bertz CT molecular complexity index is 753. The number of carbonyl (C=O) groups excluding carboxylic acids is 4. The molecule has 4 atom stereocenters. The summed E-state index contributed by atoms with van der Waals surface area (Å²) in [7, 11) is 0. The van der Waals surface area contributed by atoms with E-state index >= 15 is 0 Å². The van der Waals surface area contributed by atoms with Crippen LogP contribution in [0.5, 0.6) is 0 Å². The molecule has 0 aliphatic rings. The van der Waals surface area contributed by atoms with E-state index in [0.717, 1.165) is 6.92 Å². The Balaban J connectivity index is 5.59. The number of carbonyl (C=O) groups is 6. The fraction of sp³-hybridized carbons (Fsp3) is 0.727. The summed E-state index contributed by atoms with van der Waals surface area (Å²) >= 11 is 0. The summed E-state index contributed by atoms with van der Waals surface area (Å²) in [6, 6.07) is -3.64. The molecule has 0 aliphatic carbocycles. The molecule has 0 spiro atoms. The average Bonchev–Trinajstić information content (AvgIpc) is 2.70. The molecule has 0 aromatic rings. The number of nitrogens with one attached hydrogen (secondary N) is 4. The van der Waals surface area contributed by atoms with Gasteiger partial charge in [-0.2, -0.15) is 0 Å². The van der Waals surface area contributed by atoms with Crippen molar-refractivity contribution in [2.75, 3.05) is 0 Å². The van der Waals surface area contributed by atoms with E-state index in [1.54, 1.807) is 13.8 Å². The van der Waals surface area contributed by atoms with Gasteiger partial charge in [0.1, 0.15) is 18.1 Å². The van der Waals surface area contributed by atoms with Crippen LogP contribution in [0.3, 0.4) is 0 Å². The third kappa shape index (κ3) is 12.2. The van der Waals surface area contributed by atoms with Crippen LogP contribution in [0.25, 0.3) is 0 Å². The smallest absolute Gasteiger partial charge is 0.303 e. The lowest BCUT2D eigenvalue weighted by Gasteiger charge is -2.28. The van der Waals surface area contributed by atoms with E-state index in [-0.39, 0.29) is 30.7 Å². The zero-order valence-electron chi connectivity index (χ0n) is 20.6. The van der Waals surface area contributed by atoms with Gasteiger partial charge in [0.05, 0.1) is 0 Å². The van der Waals surface area contributed by atoms with E-state index in [1.165, 1.54) is 0 Å². The van der Waals surface area contributed by atoms with Gasteiger partial charge in [0.2, 0.25) is 23.6 Å². The number of carboxylic acid groups (broad SMARTS) is 2. The molecule has 0 heterocycles. The van der Waals surface area contributed by atoms with Crippen molar-refractivity contribution in [3.05, 3.63) is 0 Å². The summed E-state index contributed by atoms with van der Waals surface area (Å²) in [5.41, 5.74) is 0. The highest BCUT2D eigenvalue weighted by Crippen LogP contribution is 2.08. The van der Waals surface area contributed by atoms with E-state index < -0.39 is 66.5 Å². The minimum atomic E-state index is -1.32. The Hall–Kier alpha value is -3.18. The molecular weight excluding hydrogens is 448 g/mol. The highest BCUT2D eigenvalue weighted by atomic mass is 16.4. The molecule has 0 saturated heterocycles. The number of hydrogen-bond donors (Lipinski definition) is 6. The van der Waals surface area contributed by atoms with Crippen molar-refractivity contribution in [1.82, 2.24) is 21.3 Å². The predicted octanol–water partition coefficient (Wildman–Crippen LogP) is 0.00700. The summed E-state index contributed by atoms with van der Waals surface area (Å²) < 4.78 is 0. The maximum atomic E-state index is 13.0. The van der Waals surface area contributed by atoms with Crippen molar-refractivity contribution in [2.45, 2.75) is 91.4 Å². The van der Waals surface area contributed by atoms with Crippen LogP contribution in [-0.2, 0) is 28.8 Å². The molecule has 0 bridgehead atoms. The van der Waals surface area contributed by atoms with E-state index in [0.29, 0.717) is 0 Å². The van der Waals surface area contributed by atoms with E-state index in [1.807, 2.05) is 20.8 Å². The molecule has 0 rings (SSSR count). The second kappa shape index (κ2) is 14.9. The van der Waals surface area contributed by atoms with Crippen LogP contribution in [0, 0.1) is 11.8 Å². The second-order valence-corrected chi connectivity index (χ2v) is 8.95. The number of hydrogen-bond acceptors (Lipinski definition) is 6. The third-order valence-corrected chi connectivity index (χ3v) is 5.24. The predicted molar refractivity (Wildman–Crippen MR) is 122 cm³/mol. The van der Waals surface area contributed by atoms with Gasteiger partial charge in [-0.05, 0) is 31.6 Å². The molecule has 0 aromatic carbocycles.